The summed E-state index contributed by atoms with van der Waals surface area (Å²) in [5.41, 5.74) is 1.03. The lowest BCUT2D eigenvalue weighted by Crippen LogP contribution is -2.42. The molecule has 0 spiro atoms. The summed E-state index contributed by atoms with van der Waals surface area (Å²) in [4.78, 5) is 0.813. The number of nitrogens with one attached hydrogen (secondary N) is 1. The molecule has 0 aromatic heterocycles. The lowest BCUT2D eigenvalue weighted by Gasteiger charge is -2.27. The van der Waals surface area contributed by atoms with Crippen molar-refractivity contribution >= 4 is 17.2 Å². The molecule has 1 nitrogen and oxygen atoms in total. The zero-order valence-corrected chi connectivity index (χ0v) is 7.93. The highest BCUT2D eigenvalue weighted by atomic mass is 32.1. The first kappa shape index (κ1) is 9.63. The Morgan fingerprint density at radius 1 is 1.40 bits per heavy atom. The summed E-state index contributed by atoms with van der Waals surface area (Å²) in [6.07, 6.45) is 0. The Kier molecular flexibility index (Phi) is 3.03. The molecule has 2 heteroatoms. The SMILES string of the molecule is C=C(C)C(C)(C)NC(C)=S. The molecule has 0 fully saturated rings. The number of hydrogen-bond acceptors (Lipinski definition) is 1. The van der Waals surface area contributed by atoms with E-state index in [1.807, 2.05) is 13.8 Å². The van der Waals surface area contributed by atoms with Crippen LogP contribution in [0.1, 0.15) is 27.7 Å². The van der Waals surface area contributed by atoms with Crippen molar-refractivity contribution in [2.75, 3.05) is 0 Å². The quantitative estimate of drug-likeness (QED) is 0.487. The minimum Gasteiger partial charge on any atom is -0.371 e. The highest BCUT2D eigenvalue weighted by Crippen LogP contribution is 2.12. The van der Waals surface area contributed by atoms with Gasteiger partial charge < -0.3 is 5.32 Å². The topological polar surface area (TPSA) is 12.0 Å². The molecule has 10 heavy (non-hydrogen) atoms. The Labute approximate surface area is 68.5 Å². The van der Waals surface area contributed by atoms with Crippen LogP contribution in [0.15, 0.2) is 12.2 Å². The molecule has 0 aliphatic carbocycles. The third kappa shape index (κ3) is 2.97. The third-order valence-corrected chi connectivity index (χ3v) is 1.66. The lowest BCUT2D eigenvalue weighted by atomic mass is 9.97. The van der Waals surface area contributed by atoms with Gasteiger partial charge >= 0.3 is 0 Å². The summed E-state index contributed by atoms with van der Waals surface area (Å²) >= 11 is 4.91. The summed E-state index contributed by atoms with van der Waals surface area (Å²) in [7, 11) is 0. The van der Waals surface area contributed by atoms with Crippen LogP contribution in [0.5, 0.6) is 0 Å². The maximum Gasteiger partial charge on any atom is 0.0728 e. The Morgan fingerprint density at radius 2 is 1.80 bits per heavy atom. The van der Waals surface area contributed by atoms with Crippen LogP contribution < -0.4 is 5.32 Å². The van der Waals surface area contributed by atoms with E-state index in [0.29, 0.717) is 0 Å². The van der Waals surface area contributed by atoms with Gasteiger partial charge in [0, 0.05) is 0 Å². The van der Waals surface area contributed by atoms with E-state index in [0.717, 1.165) is 10.6 Å². The Morgan fingerprint density at radius 3 is 1.90 bits per heavy atom. The first-order valence-electron chi connectivity index (χ1n) is 3.31. The zero-order chi connectivity index (χ0) is 8.36. The van der Waals surface area contributed by atoms with Gasteiger partial charge in [0.1, 0.15) is 0 Å². The van der Waals surface area contributed by atoms with Crippen molar-refractivity contribution < 1.29 is 0 Å². The van der Waals surface area contributed by atoms with Gasteiger partial charge in [-0.05, 0) is 27.7 Å². The molecule has 0 aromatic carbocycles. The van der Waals surface area contributed by atoms with Gasteiger partial charge in [0.15, 0.2) is 0 Å². The van der Waals surface area contributed by atoms with Crippen LogP contribution in [0.4, 0.5) is 0 Å². The van der Waals surface area contributed by atoms with Crippen LogP contribution in [0.2, 0.25) is 0 Å². The van der Waals surface area contributed by atoms with E-state index in [9.17, 15) is 0 Å². The van der Waals surface area contributed by atoms with Crippen LogP contribution >= 0.6 is 12.2 Å². The van der Waals surface area contributed by atoms with Gasteiger partial charge in [-0.3, -0.25) is 0 Å². The molecular weight excluding hydrogens is 142 g/mol. The molecule has 0 saturated carbocycles. The summed E-state index contributed by atoms with van der Waals surface area (Å²) in [6, 6.07) is 0. The normalized spacial score (nSPS) is 10.8. The summed E-state index contributed by atoms with van der Waals surface area (Å²) in [6.45, 7) is 11.8. The fraction of sp³-hybridized carbons (Fsp3) is 0.625. The average Bonchev–Trinajstić information content (AvgIpc) is 1.60. The molecule has 0 aliphatic heterocycles. The van der Waals surface area contributed by atoms with Crippen molar-refractivity contribution in [2.45, 2.75) is 33.2 Å². The fourth-order valence-electron chi connectivity index (χ4n) is 0.547. The molecule has 58 valence electrons. The number of hydrogen-bond donors (Lipinski definition) is 1. The van der Waals surface area contributed by atoms with Gasteiger partial charge in [0.05, 0.1) is 10.5 Å². The Bertz CT molecular complexity index is 159. The van der Waals surface area contributed by atoms with Gasteiger partial charge in [-0.1, -0.05) is 24.4 Å². The molecule has 0 aliphatic rings. The molecule has 0 amide bonds. The summed E-state index contributed by atoms with van der Waals surface area (Å²) < 4.78 is 0. The maximum atomic E-state index is 4.91. The van der Waals surface area contributed by atoms with Gasteiger partial charge in [0.25, 0.3) is 0 Å². The van der Waals surface area contributed by atoms with Crippen molar-refractivity contribution in [3.8, 4) is 0 Å². The predicted octanol–water partition coefficient (Wildman–Crippen LogP) is 2.28. The van der Waals surface area contributed by atoms with Gasteiger partial charge in [-0.15, -0.1) is 0 Å². The van der Waals surface area contributed by atoms with Crippen molar-refractivity contribution in [1.82, 2.24) is 5.32 Å². The highest BCUT2D eigenvalue weighted by molar-refractivity contribution is 7.80. The second-order valence-corrected chi connectivity index (χ2v) is 3.70. The minimum absolute atomic E-state index is 0.0637. The molecule has 0 aromatic rings. The Hall–Kier alpha value is -0.370. The molecule has 0 unspecified atom stereocenters. The molecule has 0 rings (SSSR count). The highest BCUT2D eigenvalue weighted by Gasteiger charge is 2.17. The van der Waals surface area contributed by atoms with E-state index >= 15 is 0 Å². The largest absolute Gasteiger partial charge is 0.371 e. The molecule has 0 heterocycles. The van der Waals surface area contributed by atoms with E-state index in [2.05, 4.69) is 25.7 Å². The summed E-state index contributed by atoms with van der Waals surface area (Å²) in [5, 5.41) is 3.15. The molecular formula is C8H15NS. The van der Waals surface area contributed by atoms with Crippen molar-refractivity contribution in [1.29, 1.82) is 0 Å². The first-order valence-corrected chi connectivity index (χ1v) is 3.72. The predicted molar refractivity (Wildman–Crippen MR) is 50.3 cm³/mol. The van der Waals surface area contributed by atoms with Crippen LogP contribution in [0.25, 0.3) is 0 Å². The van der Waals surface area contributed by atoms with E-state index in [4.69, 9.17) is 12.2 Å². The van der Waals surface area contributed by atoms with Gasteiger partial charge in [-0.25, -0.2) is 0 Å². The zero-order valence-electron chi connectivity index (χ0n) is 7.12. The smallest absolute Gasteiger partial charge is 0.0728 e. The van der Waals surface area contributed by atoms with Crippen LogP contribution in [0, 0.1) is 0 Å². The first-order chi connectivity index (χ1) is 4.36. The summed E-state index contributed by atoms with van der Waals surface area (Å²) in [5.74, 6) is 0. The van der Waals surface area contributed by atoms with Crippen LogP contribution in [0.3, 0.4) is 0 Å². The van der Waals surface area contributed by atoms with Crippen LogP contribution in [-0.4, -0.2) is 10.5 Å². The molecule has 0 saturated heterocycles. The van der Waals surface area contributed by atoms with Gasteiger partial charge in [0.2, 0.25) is 0 Å². The lowest BCUT2D eigenvalue weighted by molar-refractivity contribution is 0.545. The minimum atomic E-state index is -0.0637. The van der Waals surface area contributed by atoms with E-state index in [1.165, 1.54) is 0 Å². The van der Waals surface area contributed by atoms with Crippen molar-refractivity contribution in [2.24, 2.45) is 0 Å². The van der Waals surface area contributed by atoms with E-state index < -0.39 is 0 Å². The number of thiocarbonyl (C=S) groups is 1. The molecule has 1 N–H and O–H groups in total. The molecule has 0 atom stereocenters. The van der Waals surface area contributed by atoms with E-state index in [-0.39, 0.29) is 5.54 Å². The monoisotopic (exact) mass is 157 g/mol. The molecule has 0 radical (unpaired) electrons. The standard InChI is InChI=1S/C8H15NS/c1-6(2)8(4,5)9-7(3)10/h1H2,2-5H3,(H,9,10). The second kappa shape index (κ2) is 3.15. The average molecular weight is 157 g/mol. The van der Waals surface area contributed by atoms with Crippen molar-refractivity contribution in [3.05, 3.63) is 12.2 Å². The Balaban J connectivity index is 4.13. The van der Waals surface area contributed by atoms with Crippen LogP contribution in [-0.2, 0) is 0 Å². The maximum absolute atomic E-state index is 4.91. The number of rotatable bonds is 2. The second-order valence-electron chi connectivity index (χ2n) is 3.09. The fourth-order valence-corrected chi connectivity index (χ4v) is 0.802. The molecule has 0 bridgehead atoms. The third-order valence-electron chi connectivity index (χ3n) is 1.56. The van der Waals surface area contributed by atoms with Crippen molar-refractivity contribution in [3.63, 3.8) is 0 Å². The van der Waals surface area contributed by atoms with E-state index in [1.54, 1.807) is 0 Å². The van der Waals surface area contributed by atoms with Gasteiger partial charge in [-0.2, -0.15) is 0 Å².